The largest absolute Gasteiger partial charge is 0.496 e. The van der Waals surface area contributed by atoms with Crippen LogP contribution in [-0.4, -0.2) is 14.2 Å². The van der Waals surface area contributed by atoms with E-state index in [4.69, 9.17) is 21.1 Å². The van der Waals surface area contributed by atoms with Crippen molar-refractivity contribution in [1.29, 1.82) is 0 Å². The molecule has 0 amide bonds. The van der Waals surface area contributed by atoms with Gasteiger partial charge in [-0.2, -0.15) is 0 Å². The second kappa shape index (κ2) is 6.42. The van der Waals surface area contributed by atoms with Crippen LogP contribution in [0.5, 0.6) is 11.5 Å². The number of rotatable bonds is 4. The molecule has 0 heterocycles. The van der Waals surface area contributed by atoms with E-state index in [0.29, 0.717) is 10.8 Å². The molecule has 0 aliphatic rings. The molecule has 1 aromatic rings. The summed E-state index contributed by atoms with van der Waals surface area (Å²) in [5.74, 6) is 7.69. The molecule has 0 spiro atoms. The van der Waals surface area contributed by atoms with Gasteiger partial charge in [-0.15, -0.1) is 11.8 Å². The Morgan fingerprint density at radius 2 is 1.88 bits per heavy atom. The molecule has 0 saturated carbocycles. The van der Waals surface area contributed by atoms with E-state index in [0.717, 1.165) is 17.7 Å². The highest BCUT2D eigenvalue weighted by atomic mass is 35.5. The molecule has 0 aliphatic carbocycles. The topological polar surface area (TPSA) is 18.5 Å². The fraction of sp³-hybridized carbons (Fsp3) is 0.429. The first kappa shape index (κ1) is 13.7. The maximum absolute atomic E-state index is 6.06. The Labute approximate surface area is 108 Å². The third kappa shape index (κ3) is 3.31. The zero-order valence-electron chi connectivity index (χ0n) is 10.6. The smallest absolute Gasteiger partial charge is 0.138 e. The number of hydrogen-bond acceptors (Lipinski definition) is 2. The quantitative estimate of drug-likeness (QED) is 0.758. The van der Waals surface area contributed by atoms with Gasteiger partial charge < -0.3 is 9.47 Å². The maximum Gasteiger partial charge on any atom is 0.138 e. The number of ether oxygens (including phenoxy) is 2. The van der Waals surface area contributed by atoms with E-state index < -0.39 is 0 Å². The van der Waals surface area contributed by atoms with Crippen molar-refractivity contribution in [2.24, 2.45) is 0 Å². The molecule has 3 heteroatoms. The Hall–Kier alpha value is -1.33. The summed E-state index contributed by atoms with van der Waals surface area (Å²) in [5, 5.41) is 0.557. The predicted molar refractivity (Wildman–Crippen MR) is 71.0 cm³/mol. The Bertz CT molecular complexity index is 444. The average Bonchev–Trinajstić information content (AvgIpc) is 2.35. The zero-order chi connectivity index (χ0) is 12.8. The monoisotopic (exact) mass is 252 g/mol. The maximum atomic E-state index is 6.06. The highest BCUT2D eigenvalue weighted by Gasteiger charge is 2.14. The molecule has 2 nitrogen and oxygen atoms in total. The normalized spacial score (nSPS) is 11.4. The van der Waals surface area contributed by atoms with Gasteiger partial charge in [-0.1, -0.05) is 18.5 Å². The van der Waals surface area contributed by atoms with Crippen molar-refractivity contribution in [1.82, 2.24) is 0 Å². The number of halogens is 1. The molecule has 0 aliphatic heterocycles. The van der Waals surface area contributed by atoms with Gasteiger partial charge in [0, 0.05) is 18.1 Å². The zero-order valence-corrected chi connectivity index (χ0v) is 11.4. The van der Waals surface area contributed by atoms with Gasteiger partial charge in [-0.25, -0.2) is 0 Å². The molecule has 0 radical (unpaired) electrons. The molecule has 1 atom stereocenters. The summed E-state index contributed by atoms with van der Waals surface area (Å²) in [4.78, 5) is 0. The lowest BCUT2D eigenvalue weighted by atomic mass is 9.96. The summed E-state index contributed by atoms with van der Waals surface area (Å²) in [5.41, 5.74) is 1.07. The highest BCUT2D eigenvalue weighted by Crippen LogP contribution is 2.37. The van der Waals surface area contributed by atoms with Crippen LogP contribution in [0.3, 0.4) is 0 Å². The lowest BCUT2D eigenvalue weighted by Crippen LogP contribution is -1.99. The number of hydrogen-bond donors (Lipinski definition) is 0. The summed E-state index contributed by atoms with van der Waals surface area (Å²) in [6, 6.07) is 3.70. The first-order chi connectivity index (χ1) is 8.13. The van der Waals surface area contributed by atoms with Gasteiger partial charge >= 0.3 is 0 Å². The van der Waals surface area contributed by atoms with Gasteiger partial charge in [-0.05, 0) is 18.9 Å². The van der Waals surface area contributed by atoms with E-state index in [-0.39, 0.29) is 5.92 Å². The summed E-state index contributed by atoms with van der Waals surface area (Å²) in [6.45, 7) is 3.95. The van der Waals surface area contributed by atoms with Gasteiger partial charge in [-0.3, -0.25) is 0 Å². The van der Waals surface area contributed by atoms with Gasteiger partial charge in [0.25, 0.3) is 0 Å². The van der Waals surface area contributed by atoms with Crippen molar-refractivity contribution in [2.75, 3.05) is 14.2 Å². The summed E-state index contributed by atoms with van der Waals surface area (Å²) >= 11 is 6.06. The first-order valence-electron chi connectivity index (χ1n) is 5.45. The lowest BCUT2D eigenvalue weighted by Gasteiger charge is -2.16. The SMILES string of the molecule is CC#CCC(C)c1cc(OC)c(Cl)cc1OC. The molecule has 0 aromatic heterocycles. The summed E-state index contributed by atoms with van der Waals surface area (Å²) in [7, 11) is 3.24. The van der Waals surface area contributed by atoms with E-state index in [2.05, 4.69) is 18.8 Å². The number of benzene rings is 1. The van der Waals surface area contributed by atoms with Gasteiger partial charge in [0.2, 0.25) is 0 Å². The molecule has 1 unspecified atom stereocenters. The van der Waals surface area contributed by atoms with Gasteiger partial charge in [0.1, 0.15) is 11.5 Å². The first-order valence-corrected chi connectivity index (χ1v) is 5.82. The van der Waals surface area contributed by atoms with E-state index in [1.54, 1.807) is 20.3 Å². The van der Waals surface area contributed by atoms with Crippen molar-refractivity contribution < 1.29 is 9.47 Å². The van der Waals surface area contributed by atoms with Crippen LogP contribution in [0.2, 0.25) is 5.02 Å². The Balaban J connectivity index is 3.14. The van der Waals surface area contributed by atoms with E-state index in [1.165, 1.54) is 0 Å². The molecular weight excluding hydrogens is 236 g/mol. The second-order valence-electron chi connectivity index (χ2n) is 3.76. The molecule has 0 saturated heterocycles. The minimum atomic E-state index is 0.281. The predicted octanol–water partition coefficient (Wildman–Crippen LogP) is 3.87. The molecule has 1 rings (SSSR count). The van der Waals surface area contributed by atoms with Crippen molar-refractivity contribution >= 4 is 11.6 Å². The van der Waals surface area contributed by atoms with Crippen LogP contribution >= 0.6 is 11.6 Å². The molecule has 1 aromatic carbocycles. The Morgan fingerprint density at radius 1 is 1.24 bits per heavy atom. The van der Waals surface area contributed by atoms with Crippen LogP contribution in [0, 0.1) is 11.8 Å². The van der Waals surface area contributed by atoms with E-state index >= 15 is 0 Å². The minimum Gasteiger partial charge on any atom is -0.496 e. The molecule has 0 bridgehead atoms. The van der Waals surface area contributed by atoms with Gasteiger partial charge in [0.15, 0.2) is 0 Å². The fourth-order valence-electron chi connectivity index (χ4n) is 1.63. The second-order valence-corrected chi connectivity index (χ2v) is 4.17. The van der Waals surface area contributed by atoms with Crippen LogP contribution < -0.4 is 9.47 Å². The standard InChI is InChI=1S/C14H17ClO2/c1-5-6-7-10(2)11-8-14(17-4)12(15)9-13(11)16-3/h8-10H,7H2,1-4H3. The van der Waals surface area contributed by atoms with Crippen LogP contribution in [-0.2, 0) is 0 Å². The lowest BCUT2D eigenvalue weighted by molar-refractivity contribution is 0.396. The van der Waals surface area contributed by atoms with Crippen molar-refractivity contribution in [3.05, 3.63) is 22.7 Å². The van der Waals surface area contributed by atoms with E-state index in [9.17, 15) is 0 Å². The number of methoxy groups -OCH3 is 2. The third-order valence-electron chi connectivity index (χ3n) is 2.62. The van der Waals surface area contributed by atoms with Crippen molar-refractivity contribution in [3.63, 3.8) is 0 Å². The molecule has 92 valence electrons. The van der Waals surface area contributed by atoms with Crippen molar-refractivity contribution in [2.45, 2.75) is 26.2 Å². The van der Waals surface area contributed by atoms with E-state index in [1.807, 2.05) is 13.0 Å². The fourth-order valence-corrected chi connectivity index (χ4v) is 1.87. The Kier molecular flexibility index (Phi) is 5.18. The molecule has 0 fully saturated rings. The van der Waals surface area contributed by atoms with Crippen LogP contribution in [0.1, 0.15) is 31.7 Å². The third-order valence-corrected chi connectivity index (χ3v) is 2.92. The summed E-state index contributed by atoms with van der Waals surface area (Å²) in [6.07, 6.45) is 0.789. The summed E-state index contributed by atoms with van der Waals surface area (Å²) < 4.78 is 10.6. The van der Waals surface area contributed by atoms with Crippen LogP contribution in [0.15, 0.2) is 12.1 Å². The molecular formula is C14H17ClO2. The Morgan fingerprint density at radius 3 is 2.41 bits per heavy atom. The van der Waals surface area contributed by atoms with Crippen LogP contribution in [0.25, 0.3) is 0 Å². The van der Waals surface area contributed by atoms with Gasteiger partial charge in [0.05, 0.1) is 19.2 Å². The molecule has 0 N–H and O–H groups in total. The minimum absolute atomic E-state index is 0.281. The average molecular weight is 253 g/mol. The van der Waals surface area contributed by atoms with Crippen LogP contribution in [0.4, 0.5) is 0 Å². The molecule has 17 heavy (non-hydrogen) atoms. The highest BCUT2D eigenvalue weighted by molar-refractivity contribution is 6.32. The van der Waals surface area contributed by atoms with Crippen molar-refractivity contribution in [3.8, 4) is 23.3 Å².